The number of hydrazine groups is 1. The smallest absolute Gasteiger partial charge is 0.286 e. The van der Waals surface area contributed by atoms with Crippen LogP contribution in [0.1, 0.15) is 62.7 Å². The van der Waals surface area contributed by atoms with Crippen LogP contribution in [0.5, 0.6) is 0 Å². The van der Waals surface area contributed by atoms with Gasteiger partial charge in [0.25, 0.3) is 11.8 Å². The summed E-state index contributed by atoms with van der Waals surface area (Å²) in [6.07, 6.45) is 1.41. The number of aromatic nitrogens is 1. The molecule has 0 saturated heterocycles. The van der Waals surface area contributed by atoms with Crippen LogP contribution in [0.3, 0.4) is 0 Å². The molecule has 1 heterocycles. The lowest BCUT2D eigenvalue weighted by Crippen LogP contribution is -2.42. The van der Waals surface area contributed by atoms with Crippen molar-refractivity contribution >= 4 is 17.6 Å². The first-order chi connectivity index (χ1) is 11.5. The molecular weight excluding hydrogens is 306 g/mol. The van der Waals surface area contributed by atoms with Crippen molar-refractivity contribution in [2.75, 3.05) is 0 Å². The summed E-state index contributed by atoms with van der Waals surface area (Å²) in [5, 5.41) is 0. The van der Waals surface area contributed by atoms with Gasteiger partial charge in [-0.1, -0.05) is 31.5 Å². The molecule has 0 unspecified atom stereocenters. The zero-order chi connectivity index (χ0) is 17.7. The molecule has 1 aromatic heterocycles. The Labute approximate surface area is 140 Å². The fraction of sp³-hybridized carbons (Fsp3) is 0.278. The van der Waals surface area contributed by atoms with E-state index in [-0.39, 0.29) is 5.78 Å². The van der Waals surface area contributed by atoms with E-state index in [0.717, 1.165) is 6.42 Å². The zero-order valence-electron chi connectivity index (χ0n) is 14.0. The Bertz CT molecular complexity index is 763. The van der Waals surface area contributed by atoms with Gasteiger partial charge in [0.2, 0.25) is 0 Å². The van der Waals surface area contributed by atoms with E-state index in [1.165, 1.54) is 6.92 Å². The van der Waals surface area contributed by atoms with Gasteiger partial charge in [-0.2, -0.15) is 0 Å². The Kier molecular flexibility index (Phi) is 5.52. The van der Waals surface area contributed by atoms with Crippen molar-refractivity contribution in [3.05, 3.63) is 58.4 Å². The van der Waals surface area contributed by atoms with Gasteiger partial charge in [0.1, 0.15) is 5.69 Å². The minimum absolute atomic E-state index is 0.0837. The molecule has 0 spiro atoms. The number of amides is 2. The number of hydrogen-bond donors (Lipinski definition) is 3. The highest BCUT2D eigenvalue weighted by molar-refractivity contribution is 6.03. The van der Waals surface area contributed by atoms with Crippen LogP contribution in [-0.2, 0) is 6.42 Å². The number of Topliss-reactive ketones (excluding diaryl/α,β-unsaturated/α-hetero) is 1. The fourth-order valence-electron chi connectivity index (χ4n) is 2.68. The van der Waals surface area contributed by atoms with E-state index in [0.29, 0.717) is 34.5 Å². The molecule has 2 aromatic rings. The van der Waals surface area contributed by atoms with Gasteiger partial charge in [-0.05, 0) is 38.0 Å². The third-order valence-corrected chi connectivity index (χ3v) is 3.70. The van der Waals surface area contributed by atoms with Crippen LogP contribution in [0.15, 0.2) is 30.3 Å². The highest BCUT2D eigenvalue weighted by Crippen LogP contribution is 2.21. The van der Waals surface area contributed by atoms with E-state index in [1.807, 2.05) is 6.92 Å². The molecule has 0 aliphatic rings. The highest BCUT2D eigenvalue weighted by Gasteiger charge is 2.22. The lowest BCUT2D eigenvalue weighted by molar-refractivity contribution is 0.0843. The minimum Gasteiger partial charge on any atom is -0.354 e. The topological polar surface area (TPSA) is 91.1 Å². The molecule has 3 N–H and O–H groups in total. The van der Waals surface area contributed by atoms with Crippen LogP contribution in [0.4, 0.5) is 0 Å². The number of H-pyrrole nitrogens is 1. The van der Waals surface area contributed by atoms with Crippen molar-refractivity contribution in [2.45, 2.75) is 33.6 Å². The van der Waals surface area contributed by atoms with E-state index >= 15 is 0 Å². The quantitative estimate of drug-likeness (QED) is 0.582. The number of aromatic amines is 1. The first-order valence-electron chi connectivity index (χ1n) is 7.83. The molecule has 6 nitrogen and oxygen atoms in total. The van der Waals surface area contributed by atoms with Crippen molar-refractivity contribution in [2.24, 2.45) is 0 Å². The maximum Gasteiger partial charge on any atom is 0.286 e. The second-order valence-corrected chi connectivity index (χ2v) is 5.56. The van der Waals surface area contributed by atoms with Gasteiger partial charge in [-0.25, -0.2) is 0 Å². The molecule has 0 aliphatic heterocycles. The summed E-state index contributed by atoms with van der Waals surface area (Å²) in [4.78, 5) is 39.2. The van der Waals surface area contributed by atoms with Crippen LogP contribution >= 0.6 is 0 Å². The maximum absolute atomic E-state index is 12.4. The van der Waals surface area contributed by atoms with E-state index in [4.69, 9.17) is 0 Å². The number of carbonyl (C=O) groups excluding carboxylic acids is 3. The van der Waals surface area contributed by atoms with Gasteiger partial charge >= 0.3 is 0 Å². The zero-order valence-corrected chi connectivity index (χ0v) is 14.0. The van der Waals surface area contributed by atoms with Crippen LogP contribution in [0.2, 0.25) is 0 Å². The lowest BCUT2D eigenvalue weighted by Gasteiger charge is -2.08. The SMILES string of the molecule is CCCc1c(C(=O)NNC(=O)c2ccccc2)[nH]c(C)c1C(C)=O. The number of hydrogen-bond acceptors (Lipinski definition) is 3. The number of nitrogens with one attached hydrogen (secondary N) is 3. The van der Waals surface area contributed by atoms with Gasteiger partial charge in [-0.15, -0.1) is 0 Å². The van der Waals surface area contributed by atoms with Crippen LogP contribution in [0, 0.1) is 6.92 Å². The van der Waals surface area contributed by atoms with Crippen LogP contribution in [-0.4, -0.2) is 22.6 Å². The van der Waals surface area contributed by atoms with E-state index in [1.54, 1.807) is 37.3 Å². The van der Waals surface area contributed by atoms with Crippen molar-refractivity contribution in [1.29, 1.82) is 0 Å². The summed E-state index contributed by atoms with van der Waals surface area (Å²) in [5.41, 5.74) is 7.43. The summed E-state index contributed by atoms with van der Waals surface area (Å²) in [6.45, 7) is 5.22. The number of aryl methyl sites for hydroxylation is 1. The first-order valence-corrected chi connectivity index (χ1v) is 7.83. The third-order valence-electron chi connectivity index (χ3n) is 3.70. The summed E-state index contributed by atoms with van der Waals surface area (Å²) < 4.78 is 0. The molecule has 24 heavy (non-hydrogen) atoms. The van der Waals surface area contributed by atoms with E-state index in [9.17, 15) is 14.4 Å². The second-order valence-electron chi connectivity index (χ2n) is 5.56. The number of benzene rings is 1. The molecule has 6 heteroatoms. The van der Waals surface area contributed by atoms with E-state index < -0.39 is 11.8 Å². The Morgan fingerprint density at radius 1 is 1.04 bits per heavy atom. The van der Waals surface area contributed by atoms with Gasteiger partial charge in [-0.3, -0.25) is 25.2 Å². The molecular formula is C18H21N3O3. The molecule has 0 atom stereocenters. The summed E-state index contributed by atoms with van der Waals surface area (Å²) in [7, 11) is 0. The fourth-order valence-corrected chi connectivity index (χ4v) is 2.68. The molecule has 0 aliphatic carbocycles. The largest absolute Gasteiger partial charge is 0.354 e. The maximum atomic E-state index is 12.4. The predicted molar refractivity (Wildman–Crippen MR) is 90.9 cm³/mol. The van der Waals surface area contributed by atoms with Gasteiger partial charge in [0, 0.05) is 16.8 Å². The van der Waals surface area contributed by atoms with Crippen molar-refractivity contribution in [1.82, 2.24) is 15.8 Å². The average molecular weight is 327 g/mol. The molecule has 0 radical (unpaired) electrons. The monoisotopic (exact) mass is 327 g/mol. The van der Waals surface area contributed by atoms with Crippen LogP contribution in [0.25, 0.3) is 0 Å². The van der Waals surface area contributed by atoms with Gasteiger partial charge in [0.15, 0.2) is 5.78 Å². The molecule has 0 saturated carbocycles. The van der Waals surface area contributed by atoms with Crippen molar-refractivity contribution in [3.63, 3.8) is 0 Å². The molecule has 0 fully saturated rings. The minimum atomic E-state index is -0.474. The summed E-state index contributed by atoms with van der Waals surface area (Å²) in [6, 6.07) is 8.58. The number of rotatable bonds is 5. The normalized spacial score (nSPS) is 10.3. The summed E-state index contributed by atoms with van der Waals surface area (Å²) >= 11 is 0. The molecule has 2 rings (SSSR count). The number of carbonyl (C=O) groups is 3. The lowest BCUT2D eigenvalue weighted by atomic mass is 10.0. The van der Waals surface area contributed by atoms with Gasteiger partial charge < -0.3 is 4.98 Å². The van der Waals surface area contributed by atoms with Crippen molar-refractivity contribution < 1.29 is 14.4 Å². The average Bonchev–Trinajstić information content (AvgIpc) is 2.90. The second kappa shape index (κ2) is 7.59. The van der Waals surface area contributed by atoms with Crippen molar-refractivity contribution in [3.8, 4) is 0 Å². The molecule has 2 amide bonds. The molecule has 0 bridgehead atoms. The Morgan fingerprint density at radius 2 is 1.67 bits per heavy atom. The first kappa shape index (κ1) is 17.5. The summed E-state index contributed by atoms with van der Waals surface area (Å²) in [5.74, 6) is -0.964. The highest BCUT2D eigenvalue weighted by atomic mass is 16.2. The standard InChI is InChI=1S/C18H21N3O3/c1-4-8-14-15(12(3)22)11(2)19-16(14)18(24)21-20-17(23)13-9-6-5-7-10-13/h5-7,9-10,19H,4,8H2,1-3H3,(H,20,23)(H,21,24). The van der Waals surface area contributed by atoms with E-state index in [2.05, 4.69) is 15.8 Å². The van der Waals surface area contributed by atoms with Gasteiger partial charge in [0.05, 0.1) is 0 Å². The third kappa shape index (κ3) is 3.71. The molecule has 1 aromatic carbocycles. The number of ketones is 1. The van der Waals surface area contributed by atoms with Crippen LogP contribution < -0.4 is 10.9 Å². The Balaban J connectivity index is 2.16. The Hall–Kier alpha value is -2.89. The Morgan fingerprint density at radius 3 is 2.25 bits per heavy atom. The molecule has 126 valence electrons. The predicted octanol–water partition coefficient (Wildman–Crippen LogP) is 2.55.